The van der Waals surface area contributed by atoms with E-state index in [0.717, 1.165) is 30.6 Å². The van der Waals surface area contributed by atoms with E-state index in [2.05, 4.69) is 25.1 Å². The molecular formula is C16H24N2O. The van der Waals surface area contributed by atoms with Crippen LogP contribution in [-0.4, -0.2) is 19.5 Å². The molecule has 1 heterocycles. The molecule has 0 aliphatic carbocycles. The van der Waals surface area contributed by atoms with Crippen molar-refractivity contribution >= 4 is 11.6 Å². The molecule has 1 amide bonds. The molecule has 0 spiro atoms. The van der Waals surface area contributed by atoms with Crippen molar-refractivity contribution in [3.05, 3.63) is 29.3 Å². The number of anilines is 1. The van der Waals surface area contributed by atoms with Gasteiger partial charge in [-0.25, -0.2) is 0 Å². The number of amides is 1. The lowest BCUT2D eigenvalue weighted by atomic mass is 9.84. The number of nitrogens with zero attached hydrogens (tertiary/aromatic N) is 1. The molecular weight excluding hydrogens is 236 g/mol. The van der Waals surface area contributed by atoms with Gasteiger partial charge in [-0.2, -0.15) is 0 Å². The van der Waals surface area contributed by atoms with Gasteiger partial charge >= 0.3 is 0 Å². The summed E-state index contributed by atoms with van der Waals surface area (Å²) in [6, 6.07) is 6.39. The van der Waals surface area contributed by atoms with Gasteiger partial charge in [0.15, 0.2) is 0 Å². The Balaban J connectivity index is 2.35. The normalized spacial score (nSPS) is 18.6. The predicted octanol–water partition coefficient (Wildman–Crippen LogP) is 2.47. The van der Waals surface area contributed by atoms with Crippen LogP contribution in [0.4, 0.5) is 5.69 Å². The number of rotatable bonds is 4. The van der Waals surface area contributed by atoms with Crippen LogP contribution in [-0.2, 0) is 16.6 Å². The van der Waals surface area contributed by atoms with Crippen LogP contribution < -0.4 is 10.6 Å². The SMILES string of the molecule is CCC(CN)Cc1ccc2c(c1)C(C)(C)C(=O)N2C. The molecule has 1 aliphatic rings. The van der Waals surface area contributed by atoms with Crippen molar-refractivity contribution in [3.8, 4) is 0 Å². The zero-order valence-electron chi connectivity index (χ0n) is 12.4. The summed E-state index contributed by atoms with van der Waals surface area (Å²) < 4.78 is 0. The van der Waals surface area contributed by atoms with Gasteiger partial charge in [-0.3, -0.25) is 4.79 Å². The van der Waals surface area contributed by atoms with Crippen LogP contribution in [0.5, 0.6) is 0 Å². The molecule has 1 unspecified atom stereocenters. The molecule has 0 saturated carbocycles. The summed E-state index contributed by atoms with van der Waals surface area (Å²) in [6.45, 7) is 6.89. The van der Waals surface area contributed by atoms with E-state index in [1.807, 2.05) is 20.9 Å². The Morgan fingerprint density at radius 1 is 1.37 bits per heavy atom. The van der Waals surface area contributed by atoms with Crippen molar-refractivity contribution < 1.29 is 4.79 Å². The third kappa shape index (κ3) is 2.27. The molecule has 104 valence electrons. The van der Waals surface area contributed by atoms with E-state index in [9.17, 15) is 4.79 Å². The molecule has 3 heteroatoms. The molecule has 0 fully saturated rings. The maximum absolute atomic E-state index is 12.2. The molecule has 3 nitrogen and oxygen atoms in total. The zero-order valence-corrected chi connectivity index (χ0v) is 12.4. The number of hydrogen-bond acceptors (Lipinski definition) is 2. The van der Waals surface area contributed by atoms with E-state index in [4.69, 9.17) is 5.73 Å². The fraction of sp³-hybridized carbons (Fsp3) is 0.562. The van der Waals surface area contributed by atoms with E-state index in [1.165, 1.54) is 5.56 Å². The van der Waals surface area contributed by atoms with Crippen LogP contribution in [0.2, 0.25) is 0 Å². The summed E-state index contributed by atoms with van der Waals surface area (Å²) in [4.78, 5) is 14.0. The van der Waals surface area contributed by atoms with Gasteiger partial charge in [-0.15, -0.1) is 0 Å². The highest BCUT2D eigenvalue weighted by Crippen LogP contribution is 2.41. The second-order valence-corrected chi connectivity index (χ2v) is 6.05. The molecule has 1 atom stereocenters. The van der Waals surface area contributed by atoms with E-state index in [-0.39, 0.29) is 5.91 Å². The van der Waals surface area contributed by atoms with Crippen LogP contribution in [0.3, 0.4) is 0 Å². The van der Waals surface area contributed by atoms with Crippen molar-refractivity contribution in [2.75, 3.05) is 18.5 Å². The number of carbonyl (C=O) groups is 1. The lowest BCUT2D eigenvalue weighted by molar-refractivity contribution is -0.121. The maximum Gasteiger partial charge on any atom is 0.236 e. The molecule has 1 aromatic carbocycles. The van der Waals surface area contributed by atoms with Crippen LogP contribution in [0, 0.1) is 5.92 Å². The van der Waals surface area contributed by atoms with Crippen molar-refractivity contribution in [1.29, 1.82) is 0 Å². The molecule has 1 aromatic rings. The molecule has 0 bridgehead atoms. The largest absolute Gasteiger partial charge is 0.330 e. The number of benzene rings is 1. The molecule has 1 aliphatic heterocycles. The minimum Gasteiger partial charge on any atom is -0.330 e. The topological polar surface area (TPSA) is 46.3 Å². The molecule has 0 saturated heterocycles. The first-order valence-corrected chi connectivity index (χ1v) is 7.03. The monoisotopic (exact) mass is 260 g/mol. The fourth-order valence-corrected chi connectivity index (χ4v) is 2.87. The summed E-state index contributed by atoms with van der Waals surface area (Å²) in [5, 5.41) is 0. The standard InChI is InChI=1S/C16H24N2O/c1-5-11(10-17)8-12-6-7-14-13(9-12)16(2,3)15(19)18(14)4/h6-7,9,11H,5,8,10,17H2,1-4H3. The third-order valence-electron chi connectivity index (χ3n) is 4.37. The lowest BCUT2D eigenvalue weighted by Gasteiger charge is -2.17. The maximum atomic E-state index is 12.2. The van der Waals surface area contributed by atoms with Crippen molar-refractivity contribution in [3.63, 3.8) is 0 Å². The Bertz CT molecular complexity index is 490. The number of likely N-dealkylation sites (N-methyl/N-ethyl adjacent to an activating group) is 1. The van der Waals surface area contributed by atoms with E-state index < -0.39 is 5.41 Å². The quantitative estimate of drug-likeness (QED) is 0.904. The molecule has 2 rings (SSSR count). The minimum absolute atomic E-state index is 0.172. The highest BCUT2D eigenvalue weighted by molar-refractivity contribution is 6.07. The summed E-state index contributed by atoms with van der Waals surface area (Å²) in [7, 11) is 1.85. The van der Waals surface area contributed by atoms with Crippen molar-refractivity contribution in [2.45, 2.75) is 39.0 Å². The first-order valence-electron chi connectivity index (χ1n) is 7.03. The highest BCUT2D eigenvalue weighted by Gasteiger charge is 2.42. The molecule has 19 heavy (non-hydrogen) atoms. The van der Waals surface area contributed by atoms with Crippen LogP contribution >= 0.6 is 0 Å². The Hall–Kier alpha value is -1.35. The van der Waals surface area contributed by atoms with Gasteiger partial charge in [0.2, 0.25) is 5.91 Å². The highest BCUT2D eigenvalue weighted by atomic mass is 16.2. The van der Waals surface area contributed by atoms with Gasteiger partial charge in [0.25, 0.3) is 0 Å². The van der Waals surface area contributed by atoms with Gasteiger partial charge in [-0.05, 0) is 49.9 Å². The number of nitrogens with two attached hydrogens (primary N) is 1. The Morgan fingerprint density at radius 3 is 2.63 bits per heavy atom. The van der Waals surface area contributed by atoms with Crippen LogP contribution in [0.15, 0.2) is 18.2 Å². The first-order chi connectivity index (χ1) is 8.91. The average Bonchev–Trinajstić information content (AvgIpc) is 2.58. The third-order valence-corrected chi connectivity index (χ3v) is 4.37. The molecule has 0 radical (unpaired) electrons. The van der Waals surface area contributed by atoms with E-state index in [0.29, 0.717) is 5.92 Å². The second kappa shape index (κ2) is 4.97. The lowest BCUT2D eigenvalue weighted by Crippen LogP contribution is -2.33. The molecule has 0 aromatic heterocycles. The van der Waals surface area contributed by atoms with Crippen molar-refractivity contribution in [2.24, 2.45) is 11.7 Å². The van der Waals surface area contributed by atoms with Gasteiger partial charge < -0.3 is 10.6 Å². The first kappa shape index (κ1) is 14.1. The fourth-order valence-electron chi connectivity index (χ4n) is 2.87. The number of fused-ring (bicyclic) bond motifs is 1. The van der Waals surface area contributed by atoms with Crippen molar-refractivity contribution in [1.82, 2.24) is 0 Å². The Kier molecular flexibility index (Phi) is 3.68. The summed E-state index contributed by atoms with van der Waals surface area (Å²) in [5.74, 6) is 0.696. The average molecular weight is 260 g/mol. The zero-order chi connectivity index (χ0) is 14.2. The summed E-state index contributed by atoms with van der Waals surface area (Å²) in [5.41, 5.74) is 8.84. The summed E-state index contributed by atoms with van der Waals surface area (Å²) in [6.07, 6.45) is 2.09. The van der Waals surface area contributed by atoms with Gasteiger partial charge in [0, 0.05) is 12.7 Å². The van der Waals surface area contributed by atoms with E-state index >= 15 is 0 Å². The predicted molar refractivity (Wildman–Crippen MR) is 79.4 cm³/mol. The van der Waals surface area contributed by atoms with Gasteiger partial charge in [0.1, 0.15) is 0 Å². The number of carbonyl (C=O) groups excluding carboxylic acids is 1. The molecule has 2 N–H and O–H groups in total. The van der Waals surface area contributed by atoms with Gasteiger partial charge in [0.05, 0.1) is 5.41 Å². The smallest absolute Gasteiger partial charge is 0.236 e. The van der Waals surface area contributed by atoms with E-state index in [1.54, 1.807) is 4.90 Å². The second-order valence-electron chi connectivity index (χ2n) is 6.05. The Labute approximate surface area is 115 Å². The summed E-state index contributed by atoms with van der Waals surface area (Å²) >= 11 is 0. The number of hydrogen-bond donors (Lipinski definition) is 1. The van der Waals surface area contributed by atoms with Gasteiger partial charge in [-0.1, -0.05) is 25.5 Å². The Morgan fingerprint density at radius 2 is 2.05 bits per heavy atom. The van der Waals surface area contributed by atoms with Crippen LogP contribution in [0.25, 0.3) is 0 Å². The van der Waals surface area contributed by atoms with Crippen LogP contribution in [0.1, 0.15) is 38.3 Å². The minimum atomic E-state index is -0.412.